The fourth-order valence-corrected chi connectivity index (χ4v) is 1.23. The zero-order chi connectivity index (χ0) is 14.5. The van der Waals surface area contributed by atoms with Gasteiger partial charge in [-0.3, -0.25) is 0 Å². The Balaban J connectivity index is 0.000000280. The Morgan fingerprint density at radius 1 is 0.381 bits per heavy atom. The van der Waals surface area contributed by atoms with Gasteiger partial charge in [0, 0.05) is 0 Å². The summed E-state index contributed by atoms with van der Waals surface area (Å²) in [4.78, 5) is 0. The first-order valence-electron chi connectivity index (χ1n) is 6.23. The molecule has 3 heteroatoms. The van der Waals surface area contributed by atoms with Crippen LogP contribution in [0.15, 0.2) is 97.1 Å². The number of hydrogen-bond donors (Lipinski definition) is 0. The molecule has 0 bridgehead atoms. The number of hydrogen-bond acceptors (Lipinski definition) is 2. The fraction of sp³-hybridized carbons (Fsp3) is 0. The van der Waals surface area contributed by atoms with E-state index in [0.717, 1.165) is 0 Å². The minimum absolute atomic E-state index is 0. The van der Waals surface area contributed by atoms with Crippen molar-refractivity contribution >= 4 is 0 Å². The van der Waals surface area contributed by atoms with Crippen LogP contribution in [-0.2, 0) is 19.5 Å². The van der Waals surface area contributed by atoms with Gasteiger partial charge in [-0.25, -0.2) is 0 Å². The number of benzene rings is 3. The van der Waals surface area contributed by atoms with Gasteiger partial charge in [0.15, 0.2) is 0 Å². The molecule has 0 saturated heterocycles. The van der Waals surface area contributed by atoms with E-state index in [1.807, 2.05) is 48.5 Å². The van der Waals surface area contributed by atoms with Gasteiger partial charge in [-0.1, -0.05) is 97.1 Å². The normalized spacial score (nSPS) is 8.00. The molecule has 3 aromatic carbocycles. The first-order chi connectivity index (χ1) is 9.79. The molecule has 0 radical (unpaired) electrons. The summed E-state index contributed by atoms with van der Waals surface area (Å²) in [5, 5.41) is 20.5. The van der Waals surface area contributed by atoms with Crippen molar-refractivity contribution in [2.45, 2.75) is 0 Å². The first-order valence-corrected chi connectivity index (χ1v) is 6.23. The van der Waals surface area contributed by atoms with Crippen LogP contribution in [-0.4, -0.2) is 0 Å². The van der Waals surface area contributed by atoms with E-state index in [1.54, 1.807) is 24.3 Å². The van der Waals surface area contributed by atoms with Crippen LogP contribution in [0.5, 0.6) is 11.5 Å². The monoisotopic (exact) mass is 328 g/mol. The van der Waals surface area contributed by atoms with Gasteiger partial charge in [-0.2, -0.15) is 0 Å². The fourth-order valence-electron chi connectivity index (χ4n) is 1.23. The molecule has 0 aromatic heterocycles. The molecule has 0 atom stereocenters. The van der Waals surface area contributed by atoms with Gasteiger partial charge in [0.25, 0.3) is 0 Å². The molecular weight excluding hydrogens is 314 g/mol. The van der Waals surface area contributed by atoms with Gasteiger partial charge in [0.05, 0.1) is 0 Å². The predicted octanol–water partition coefficient (Wildman–Crippen LogP) is 3.20. The van der Waals surface area contributed by atoms with E-state index in [4.69, 9.17) is 0 Å². The maximum absolute atomic E-state index is 10.3. The van der Waals surface area contributed by atoms with Crippen molar-refractivity contribution in [3.05, 3.63) is 97.1 Å². The summed E-state index contributed by atoms with van der Waals surface area (Å²) in [6.07, 6.45) is 0. The van der Waals surface area contributed by atoms with Crippen LogP contribution in [0.2, 0.25) is 0 Å². The van der Waals surface area contributed by atoms with Gasteiger partial charge in [0.1, 0.15) is 0 Å². The standard InChI is InChI=1S/2C6H6O.C6H6.Zn/c2*7-6-4-2-1-3-5-6;1-2-4-6-5-3-1;/h2*1-5,7H;1-6H;/q;;;+2/p-2. The van der Waals surface area contributed by atoms with Gasteiger partial charge in [0.2, 0.25) is 0 Å². The van der Waals surface area contributed by atoms with Gasteiger partial charge in [-0.05, 0) is 0 Å². The van der Waals surface area contributed by atoms with Crippen LogP contribution in [0, 0.1) is 0 Å². The van der Waals surface area contributed by atoms with Gasteiger partial charge < -0.3 is 10.2 Å². The zero-order valence-electron chi connectivity index (χ0n) is 11.8. The Bertz CT molecular complexity index is 478. The van der Waals surface area contributed by atoms with E-state index < -0.39 is 0 Å². The van der Waals surface area contributed by atoms with Gasteiger partial charge in [-0.15, -0.1) is 11.5 Å². The smallest absolute Gasteiger partial charge is 0.872 e. The molecule has 0 heterocycles. The molecule has 0 amide bonds. The molecule has 0 aliphatic heterocycles. The minimum atomic E-state index is 0. The van der Waals surface area contributed by atoms with Crippen LogP contribution in [0.25, 0.3) is 0 Å². The van der Waals surface area contributed by atoms with E-state index in [-0.39, 0.29) is 31.0 Å². The molecular formula is C18H16O2Zn. The van der Waals surface area contributed by atoms with Crippen molar-refractivity contribution in [1.29, 1.82) is 0 Å². The quantitative estimate of drug-likeness (QED) is 0.595. The average Bonchev–Trinajstić information content (AvgIpc) is 2.52. The number of para-hydroxylation sites is 2. The van der Waals surface area contributed by atoms with E-state index in [0.29, 0.717) is 0 Å². The van der Waals surface area contributed by atoms with E-state index in [2.05, 4.69) is 0 Å². The largest absolute Gasteiger partial charge is 2.00 e. The Morgan fingerprint density at radius 2 is 0.571 bits per heavy atom. The van der Waals surface area contributed by atoms with Crippen LogP contribution in [0.3, 0.4) is 0 Å². The minimum Gasteiger partial charge on any atom is -0.872 e. The molecule has 0 spiro atoms. The second-order valence-corrected chi connectivity index (χ2v) is 3.78. The van der Waals surface area contributed by atoms with Crippen LogP contribution >= 0.6 is 0 Å². The topological polar surface area (TPSA) is 46.1 Å². The van der Waals surface area contributed by atoms with Crippen molar-refractivity contribution in [1.82, 2.24) is 0 Å². The van der Waals surface area contributed by atoms with Crippen molar-refractivity contribution in [2.24, 2.45) is 0 Å². The number of rotatable bonds is 0. The van der Waals surface area contributed by atoms with Crippen LogP contribution in [0.4, 0.5) is 0 Å². The Morgan fingerprint density at radius 3 is 0.714 bits per heavy atom. The molecule has 0 fully saturated rings. The zero-order valence-corrected chi connectivity index (χ0v) is 14.7. The third-order valence-corrected chi connectivity index (χ3v) is 2.15. The van der Waals surface area contributed by atoms with E-state index in [1.165, 1.54) is 24.3 Å². The van der Waals surface area contributed by atoms with Crippen molar-refractivity contribution in [3.8, 4) is 11.5 Å². The van der Waals surface area contributed by atoms with Gasteiger partial charge >= 0.3 is 19.5 Å². The van der Waals surface area contributed by atoms with Crippen LogP contribution < -0.4 is 10.2 Å². The summed E-state index contributed by atoms with van der Waals surface area (Å²) in [5.41, 5.74) is 0. The molecule has 3 rings (SSSR count). The molecule has 21 heavy (non-hydrogen) atoms. The molecule has 102 valence electrons. The summed E-state index contributed by atoms with van der Waals surface area (Å²) in [5.74, 6) is 0.144. The maximum Gasteiger partial charge on any atom is 2.00 e. The second-order valence-electron chi connectivity index (χ2n) is 3.78. The van der Waals surface area contributed by atoms with Crippen LogP contribution in [0.1, 0.15) is 0 Å². The predicted molar refractivity (Wildman–Crippen MR) is 78.2 cm³/mol. The summed E-state index contributed by atoms with van der Waals surface area (Å²) in [6, 6.07) is 28.7. The van der Waals surface area contributed by atoms with Crippen molar-refractivity contribution in [3.63, 3.8) is 0 Å². The molecule has 0 aliphatic rings. The first kappa shape index (κ1) is 18.9. The molecule has 0 N–H and O–H groups in total. The summed E-state index contributed by atoms with van der Waals surface area (Å²) < 4.78 is 0. The summed E-state index contributed by atoms with van der Waals surface area (Å²) in [6.45, 7) is 0. The Labute approximate surface area is 138 Å². The molecule has 0 aliphatic carbocycles. The third-order valence-electron chi connectivity index (χ3n) is 2.15. The van der Waals surface area contributed by atoms with E-state index in [9.17, 15) is 10.2 Å². The van der Waals surface area contributed by atoms with Crippen molar-refractivity contribution in [2.75, 3.05) is 0 Å². The summed E-state index contributed by atoms with van der Waals surface area (Å²) >= 11 is 0. The average molecular weight is 330 g/mol. The molecule has 0 saturated carbocycles. The van der Waals surface area contributed by atoms with Crippen molar-refractivity contribution < 1.29 is 29.7 Å². The Kier molecular flexibility index (Phi) is 11.6. The SMILES string of the molecule is [O-]c1ccccc1.[O-]c1ccccc1.[Zn+2].c1ccccc1. The Hall–Kier alpha value is -2.12. The molecule has 3 aromatic rings. The summed E-state index contributed by atoms with van der Waals surface area (Å²) in [7, 11) is 0. The molecule has 2 nitrogen and oxygen atoms in total. The second kappa shape index (κ2) is 12.9. The molecule has 0 unspecified atom stereocenters. The third kappa shape index (κ3) is 11.4. The van der Waals surface area contributed by atoms with E-state index >= 15 is 0 Å². The maximum atomic E-state index is 10.3.